The molecule has 1 aromatic heterocycles. The Morgan fingerprint density at radius 3 is 2.51 bits per heavy atom. The third-order valence-electron chi connectivity index (χ3n) is 6.89. The molecule has 1 aliphatic heterocycles. The number of likely N-dealkylation sites (N-methyl/N-ethyl adjacent to an activating group) is 1. The third-order valence-corrected chi connectivity index (χ3v) is 6.89. The van der Waals surface area contributed by atoms with Crippen LogP contribution in [0.25, 0.3) is 10.9 Å². The summed E-state index contributed by atoms with van der Waals surface area (Å²) in [5.74, 6) is -8.43. The van der Waals surface area contributed by atoms with Gasteiger partial charge in [0.1, 0.15) is 29.7 Å². The van der Waals surface area contributed by atoms with Gasteiger partial charge in [0.25, 0.3) is 5.92 Å². The maximum absolute atomic E-state index is 15.3. The lowest BCUT2D eigenvalue weighted by atomic mass is 9.91. The average molecular weight is 557 g/mol. The first-order chi connectivity index (χ1) is 18.0. The maximum Gasteiger partial charge on any atom is 0.303 e. The fourth-order valence-corrected chi connectivity index (χ4v) is 4.64. The second kappa shape index (κ2) is 10.1. The highest BCUT2D eigenvalue weighted by atomic mass is 19.3. The number of nitrogens with zero attached hydrogens (tertiary/aromatic N) is 3. The van der Waals surface area contributed by atoms with Crippen LogP contribution in [0.2, 0.25) is 0 Å². The van der Waals surface area contributed by atoms with E-state index in [9.17, 15) is 27.1 Å². The molecular formula is C27H30F6N4O2. The molecule has 2 atom stereocenters. The van der Waals surface area contributed by atoms with Crippen molar-refractivity contribution in [2.45, 2.75) is 63.6 Å². The minimum atomic E-state index is -3.87. The number of ether oxygens (including phenoxy) is 1. The van der Waals surface area contributed by atoms with Gasteiger partial charge in [0.2, 0.25) is 0 Å². The van der Waals surface area contributed by atoms with Gasteiger partial charge in [-0.05, 0) is 46.9 Å². The van der Waals surface area contributed by atoms with Crippen LogP contribution < -0.4 is 10.1 Å². The predicted octanol–water partition coefficient (Wildman–Crippen LogP) is 5.97. The minimum absolute atomic E-state index is 0.107. The van der Waals surface area contributed by atoms with Gasteiger partial charge in [0, 0.05) is 29.5 Å². The summed E-state index contributed by atoms with van der Waals surface area (Å²) in [6, 6.07) is 4.45. The van der Waals surface area contributed by atoms with Gasteiger partial charge in [-0.3, -0.25) is 4.90 Å². The first-order valence-electron chi connectivity index (χ1n) is 12.3. The number of hydrogen-bond donors (Lipinski definition) is 2. The number of aliphatic hydroxyl groups is 1. The van der Waals surface area contributed by atoms with E-state index in [4.69, 9.17) is 4.74 Å². The summed E-state index contributed by atoms with van der Waals surface area (Å²) in [4.78, 5) is 10.00. The molecule has 2 aromatic carbocycles. The number of benzene rings is 2. The van der Waals surface area contributed by atoms with Gasteiger partial charge in [-0.15, -0.1) is 0 Å². The van der Waals surface area contributed by atoms with Gasteiger partial charge in [-0.2, -0.15) is 8.78 Å². The van der Waals surface area contributed by atoms with Crippen molar-refractivity contribution >= 4 is 16.7 Å². The number of aryl methyl sites for hydroxylation is 1. The highest BCUT2D eigenvalue weighted by Gasteiger charge is 2.49. The topological polar surface area (TPSA) is 70.5 Å². The van der Waals surface area contributed by atoms with E-state index >= 15 is 4.39 Å². The Morgan fingerprint density at radius 1 is 1.21 bits per heavy atom. The van der Waals surface area contributed by atoms with E-state index in [0.717, 1.165) is 26.0 Å². The molecule has 0 unspecified atom stereocenters. The highest BCUT2D eigenvalue weighted by molar-refractivity contribution is 5.90. The fourth-order valence-electron chi connectivity index (χ4n) is 4.64. The van der Waals surface area contributed by atoms with Crippen molar-refractivity contribution < 1.29 is 36.2 Å². The minimum Gasteiger partial charge on any atom is -0.489 e. The molecule has 0 saturated carbocycles. The van der Waals surface area contributed by atoms with Crippen LogP contribution in [0.3, 0.4) is 0 Å². The molecule has 2 N–H and O–H groups in total. The number of fused-ring (bicyclic) bond motifs is 1. The second-order valence-corrected chi connectivity index (χ2v) is 10.6. The normalized spacial score (nSPS) is 18.9. The molecule has 0 bridgehead atoms. The smallest absolute Gasteiger partial charge is 0.303 e. The van der Waals surface area contributed by atoms with Crippen molar-refractivity contribution in [1.29, 1.82) is 0 Å². The van der Waals surface area contributed by atoms with Gasteiger partial charge >= 0.3 is 5.92 Å². The van der Waals surface area contributed by atoms with Gasteiger partial charge in [-0.1, -0.05) is 12.1 Å². The molecule has 4 rings (SSSR count). The second-order valence-electron chi connectivity index (χ2n) is 10.6. The molecule has 1 saturated heterocycles. The molecule has 39 heavy (non-hydrogen) atoms. The number of halogens is 6. The number of hydrogen-bond acceptors (Lipinski definition) is 6. The van der Waals surface area contributed by atoms with Crippen molar-refractivity contribution in [3.63, 3.8) is 0 Å². The summed E-state index contributed by atoms with van der Waals surface area (Å²) in [5, 5.41) is 13.2. The fraction of sp³-hybridized carbons (Fsp3) is 0.481. The molecule has 0 amide bonds. The molecule has 1 fully saturated rings. The zero-order valence-corrected chi connectivity index (χ0v) is 22.1. The summed E-state index contributed by atoms with van der Waals surface area (Å²) in [7, 11) is 1.54. The molecular weight excluding hydrogens is 526 g/mol. The average Bonchev–Trinajstić information content (AvgIpc) is 3.07. The van der Waals surface area contributed by atoms with Crippen LogP contribution in [0.1, 0.15) is 50.2 Å². The van der Waals surface area contributed by atoms with Crippen molar-refractivity contribution in [3.8, 4) is 5.75 Å². The SMILES string of the molecule is Cc1nc(N[C@H](C)c2cccc(C(F)(F)C(C)(C)O)c2F)c2cc(OC[C@@H]3CC(F)(F)CN3C)c(F)cc2n1. The van der Waals surface area contributed by atoms with Crippen molar-refractivity contribution in [2.24, 2.45) is 0 Å². The summed E-state index contributed by atoms with van der Waals surface area (Å²) >= 11 is 0. The summed E-state index contributed by atoms with van der Waals surface area (Å²) in [6.07, 6.45) is -0.414. The van der Waals surface area contributed by atoms with Crippen LogP contribution in [0.15, 0.2) is 30.3 Å². The standard InChI is InChI=1S/C27H30F6N4O2/c1-14(17-7-6-8-19(23(17)29)27(32,33)25(3,4)38)34-24-18-9-22(20(28)10-21(18)35-15(2)36-24)39-12-16-11-26(30,31)13-37(16)5/h6-10,14,16,38H,11-13H2,1-5H3,(H,34,35,36)/t14-,16+/m1/s1. The zero-order chi connectivity index (χ0) is 28.9. The van der Waals surface area contributed by atoms with E-state index in [-0.39, 0.29) is 35.1 Å². The van der Waals surface area contributed by atoms with Gasteiger partial charge in [-0.25, -0.2) is 27.5 Å². The van der Waals surface area contributed by atoms with E-state index in [1.807, 2.05) is 0 Å². The maximum atomic E-state index is 15.3. The van der Waals surface area contributed by atoms with Crippen LogP contribution in [-0.2, 0) is 5.92 Å². The molecule has 6 nitrogen and oxygen atoms in total. The molecule has 0 spiro atoms. The molecule has 2 heterocycles. The number of nitrogens with one attached hydrogen (secondary N) is 1. The summed E-state index contributed by atoms with van der Waals surface area (Å²) < 4.78 is 92.7. The van der Waals surface area contributed by atoms with Crippen molar-refractivity contribution in [1.82, 2.24) is 14.9 Å². The Labute approximate surface area is 222 Å². The lowest BCUT2D eigenvalue weighted by Gasteiger charge is -2.30. The molecule has 3 aromatic rings. The van der Waals surface area contributed by atoms with Crippen LogP contribution in [0.4, 0.5) is 32.2 Å². The van der Waals surface area contributed by atoms with Gasteiger partial charge < -0.3 is 15.2 Å². The van der Waals surface area contributed by atoms with E-state index in [1.54, 1.807) is 6.92 Å². The van der Waals surface area contributed by atoms with Gasteiger partial charge in [0.15, 0.2) is 11.6 Å². The Morgan fingerprint density at radius 2 is 1.90 bits per heavy atom. The van der Waals surface area contributed by atoms with Crippen LogP contribution in [0, 0.1) is 18.6 Å². The first-order valence-corrected chi connectivity index (χ1v) is 12.3. The largest absolute Gasteiger partial charge is 0.489 e. The molecule has 0 aliphatic carbocycles. The molecule has 212 valence electrons. The summed E-state index contributed by atoms with van der Waals surface area (Å²) in [5.41, 5.74) is -3.36. The Bertz CT molecular complexity index is 1380. The van der Waals surface area contributed by atoms with E-state index in [1.165, 1.54) is 37.1 Å². The Hall–Kier alpha value is -3.12. The number of alkyl halides is 4. The lowest BCUT2D eigenvalue weighted by molar-refractivity contribution is -0.170. The van der Waals surface area contributed by atoms with Crippen LogP contribution in [0.5, 0.6) is 5.75 Å². The molecule has 12 heteroatoms. The van der Waals surface area contributed by atoms with Crippen molar-refractivity contribution in [3.05, 3.63) is 58.9 Å². The van der Waals surface area contributed by atoms with E-state index in [2.05, 4.69) is 15.3 Å². The van der Waals surface area contributed by atoms with Crippen LogP contribution in [-0.4, -0.2) is 57.7 Å². The van der Waals surface area contributed by atoms with E-state index < -0.39 is 59.7 Å². The summed E-state index contributed by atoms with van der Waals surface area (Å²) in [6.45, 7) is 4.30. The number of aromatic nitrogens is 2. The molecule has 0 radical (unpaired) electrons. The number of anilines is 1. The Kier molecular flexibility index (Phi) is 7.50. The van der Waals surface area contributed by atoms with Crippen molar-refractivity contribution in [2.75, 3.05) is 25.5 Å². The quantitative estimate of drug-likeness (QED) is 0.333. The molecule has 1 aliphatic rings. The first kappa shape index (κ1) is 28.9. The third kappa shape index (κ3) is 5.76. The predicted molar refractivity (Wildman–Crippen MR) is 134 cm³/mol. The van der Waals surface area contributed by atoms with Gasteiger partial charge in [0.05, 0.1) is 23.7 Å². The zero-order valence-electron chi connectivity index (χ0n) is 22.1. The van der Waals surface area contributed by atoms with Crippen LogP contribution >= 0.6 is 0 Å². The Balaban J connectivity index is 1.65. The highest BCUT2D eigenvalue weighted by Crippen LogP contribution is 2.41. The lowest BCUT2D eigenvalue weighted by Crippen LogP contribution is -2.41. The number of likely N-dealkylation sites (tertiary alicyclic amines) is 1. The number of rotatable bonds is 8. The van der Waals surface area contributed by atoms with E-state index in [0.29, 0.717) is 5.39 Å². The monoisotopic (exact) mass is 556 g/mol.